The van der Waals surface area contributed by atoms with Gasteiger partial charge in [0.25, 0.3) is 5.91 Å². The van der Waals surface area contributed by atoms with Crippen LogP contribution in [0.15, 0.2) is 48.8 Å². The number of aromatic nitrogens is 2. The number of nitriles is 1. The Labute approximate surface area is 144 Å². The van der Waals surface area contributed by atoms with Gasteiger partial charge in [0.15, 0.2) is 5.82 Å². The van der Waals surface area contributed by atoms with Crippen LogP contribution >= 0.6 is 11.6 Å². The Morgan fingerprint density at radius 3 is 2.58 bits per heavy atom. The fourth-order valence-electron chi connectivity index (χ4n) is 2.32. The Kier molecular flexibility index (Phi) is 4.00. The Bertz CT molecular complexity index is 951. The summed E-state index contributed by atoms with van der Waals surface area (Å²) >= 11 is 5.93. The van der Waals surface area contributed by atoms with Crippen LogP contribution in [-0.2, 0) is 5.41 Å². The van der Waals surface area contributed by atoms with Gasteiger partial charge in [0, 0.05) is 11.8 Å². The van der Waals surface area contributed by atoms with Crippen LogP contribution in [0.25, 0.3) is 5.65 Å². The molecule has 1 aromatic carbocycles. The lowest BCUT2D eigenvalue weighted by Gasteiger charge is -2.15. The van der Waals surface area contributed by atoms with Crippen molar-refractivity contribution in [2.45, 2.75) is 19.3 Å². The number of imidazole rings is 1. The maximum absolute atomic E-state index is 12.3. The Morgan fingerprint density at radius 2 is 1.92 bits per heavy atom. The van der Waals surface area contributed by atoms with Gasteiger partial charge in [-0.05, 0) is 43.7 Å². The summed E-state index contributed by atoms with van der Waals surface area (Å²) in [6.45, 7) is 3.67. The summed E-state index contributed by atoms with van der Waals surface area (Å²) in [5.41, 5.74) is 1.47. The third-order valence-corrected chi connectivity index (χ3v) is 4.03. The molecule has 5 nitrogen and oxygen atoms in total. The number of anilines is 1. The molecule has 1 N–H and O–H groups in total. The number of fused-ring (bicyclic) bond motifs is 1. The number of halogens is 1. The molecule has 3 rings (SSSR count). The van der Waals surface area contributed by atoms with E-state index in [-0.39, 0.29) is 5.91 Å². The molecule has 0 saturated carbocycles. The maximum Gasteiger partial charge on any atom is 0.256 e. The van der Waals surface area contributed by atoms with Crippen LogP contribution in [0, 0.1) is 11.3 Å². The summed E-state index contributed by atoms with van der Waals surface area (Å²) < 4.78 is 1.75. The van der Waals surface area contributed by atoms with Gasteiger partial charge < -0.3 is 9.72 Å². The average Bonchev–Trinajstić information content (AvgIpc) is 2.96. The van der Waals surface area contributed by atoms with Gasteiger partial charge in [-0.2, -0.15) is 5.26 Å². The van der Waals surface area contributed by atoms with Crippen LogP contribution < -0.4 is 5.32 Å². The van der Waals surface area contributed by atoms with Gasteiger partial charge in [0.2, 0.25) is 0 Å². The second kappa shape index (κ2) is 5.99. The highest BCUT2D eigenvalue weighted by Gasteiger charge is 2.20. The van der Waals surface area contributed by atoms with Crippen molar-refractivity contribution in [1.82, 2.24) is 9.38 Å². The summed E-state index contributed by atoms with van der Waals surface area (Å²) in [5.74, 6) is 0.189. The van der Waals surface area contributed by atoms with Crippen LogP contribution in [0.1, 0.15) is 29.8 Å². The van der Waals surface area contributed by atoms with E-state index >= 15 is 0 Å². The summed E-state index contributed by atoms with van der Waals surface area (Å²) in [4.78, 5) is 16.7. The molecule has 120 valence electrons. The SMILES string of the molecule is CC(C)(C#N)c1ccc(C(=O)Nc2cn3cc(Cl)ccc3n2)cc1. The molecule has 0 bridgehead atoms. The average molecular weight is 339 g/mol. The number of hydrogen-bond acceptors (Lipinski definition) is 3. The predicted molar refractivity (Wildman–Crippen MR) is 93.2 cm³/mol. The molecule has 0 atom stereocenters. The van der Waals surface area contributed by atoms with E-state index in [9.17, 15) is 4.79 Å². The fraction of sp³-hybridized carbons (Fsp3) is 0.167. The smallest absolute Gasteiger partial charge is 0.256 e. The van der Waals surface area contributed by atoms with E-state index in [0.717, 1.165) is 5.56 Å². The molecule has 2 aromatic heterocycles. The van der Waals surface area contributed by atoms with Crippen LogP contribution in [0.5, 0.6) is 0 Å². The second-order valence-electron chi connectivity index (χ2n) is 6.01. The van der Waals surface area contributed by atoms with Crippen molar-refractivity contribution in [3.8, 4) is 6.07 Å². The summed E-state index contributed by atoms with van der Waals surface area (Å²) in [5, 5.41) is 12.5. The number of carbonyl (C=O) groups is 1. The molecule has 6 heteroatoms. The number of benzene rings is 1. The zero-order valence-electron chi connectivity index (χ0n) is 13.2. The van der Waals surface area contributed by atoms with Crippen molar-refractivity contribution < 1.29 is 4.79 Å². The van der Waals surface area contributed by atoms with E-state index in [2.05, 4.69) is 16.4 Å². The minimum atomic E-state index is -0.587. The Balaban J connectivity index is 1.80. The minimum Gasteiger partial charge on any atom is -0.305 e. The quantitative estimate of drug-likeness (QED) is 0.783. The second-order valence-corrected chi connectivity index (χ2v) is 6.44. The normalized spacial score (nSPS) is 11.2. The number of nitrogens with zero attached hydrogens (tertiary/aromatic N) is 3. The molecule has 0 aliphatic carbocycles. The monoisotopic (exact) mass is 338 g/mol. The molecule has 0 fully saturated rings. The first kappa shape index (κ1) is 16.0. The largest absolute Gasteiger partial charge is 0.305 e. The third kappa shape index (κ3) is 3.10. The highest BCUT2D eigenvalue weighted by atomic mass is 35.5. The summed E-state index contributed by atoms with van der Waals surface area (Å²) in [7, 11) is 0. The summed E-state index contributed by atoms with van der Waals surface area (Å²) in [6, 6.07) is 12.8. The van der Waals surface area contributed by atoms with Crippen LogP contribution in [0.2, 0.25) is 5.02 Å². The number of nitrogens with one attached hydrogen (secondary N) is 1. The summed E-state index contributed by atoms with van der Waals surface area (Å²) in [6.07, 6.45) is 3.42. The predicted octanol–water partition coefficient (Wildman–Crippen LogP) is 4.04. The van der Waals surface area contributed by atoms with Gasteiger partial charge in [-0.25, -0.2) is 4.98 Å². The molecule has 0 saturated heterocycles. The van der Waals surface area contributed by atoms with E-state index in [1.165, 1.54) is 0 Å². The molecule has 3 aromatic rings. The highest BCUT2D eigenvalue weighted by molar-refractivity contribution is 6.30. The standard InChI is InChI=1S/C18H15ClN4O/c1-18(2,11-20)13-5-3-12(4-6-13)17(24)22-15-10-23-9-14(19)7-8-16(23)21-15/h3-10H,1-2H3,(H,22,24). The number of amides is 1. The minimum absolute atomic E-state index is 0.259. The lowest BCUT2D eigenvalue weighted by atomic mass is 9.86. The molecule has 0 aliphatic rings. The molecular formula is C18H15ClN4O. The van der Waals surface area contributed by atoms with E-state index in [1.807, 2.05) is 13.8 Å². The molecule has 0 radical (unpaired) electrons. The van der Waals surface area contributed by atoms with Crippen molar-refractivity contribution in [3.63, 3.8) is 0 Å². The van der Waals surface area contributed by atoms with Crippen molar-refractivity contribution in [2.24, 2.45) is 0 Å². The first-order valence-corrected chi connectivity index (χ1v) is 7.74. The van der Waals surface area contributed by atoms with Gasteiger partial charge >= 0.3 is 0 Å². The molecule has 0 unspecified atom stereocenters. The lowest BCUT2D eigenvalue weighted by molar-refractivity contribution is 0.102. The molecular weight excluding hydrogens is 324 g/mol. The number of hydrogen-bond donors (Lipinski definition) is 1. The van der Waals surface area contributed by atoms with Crippen LogP contribution in [-0.4, -0.2) is 15.3 Å². The first-order chi connectivity index (χ1) is 11.4. The van der Waals surface area contributed by atoms with Gasteiger partial charge in [-0.1, -0.05) is 23.7 Å². The van der Waals surface area contributed by atoms with Crippen molar-refractivity contribution >= 4 is 29.0 Å². The topological polar surface area (TPSA) is 70.2 Å². The maximum atomic E-state index is 12.3. The van der Waals surface area contributed by atoms with Gasteiger partial charge in [-0.3, -0.25) is 4.79 Å². The van der Waals surface area contributed by atoms with Gasteiger partial charge in [0.1, 0.15) is 5.65 Å². The van der Waals surface area contributed by atoms with Gasteiger partial charge in [0.05, 0.1) is 22.7 Å². The van der Waals surface area contributed by atoms with E-state index in [4.69, 9.17) is 16.9 Å². The first-order valence-electron chi connectivity index (χ1n) is 7.36. The molecule has 24 heavy (non-hydrogen) atoms. The third-order valence-electron chi connectivity index (χ3n) is 3.80. The molecule has 2 heterocycles. The van der Waals surface area contributed by atoms with Gasteiger partial charge in [-0.15, -0.1) is 0 Å². The van der Waals surface area contributed by atoms with Crippen LogP contribution in [0.3, 0.4) is 0 Å². The highest BCUT2D eigenvalue weighted by Crippen LogP contribution is 2.22. The zero-order chi connectivity index (χ0) is 17.3. The van der Waals surface area contributed by atoms with E-state index in [1.54, 1.807) is 53.2 Å². The van der Waals surface area contributed by atoms with Crippen molar-refractivity contribution in [2.75, 3.05) is 5.32 Å². The Hall–Kier alpha value is -2.84. The zero-order valence-corrected chi connectivity index (χ0v) is 14.0. The molecule has 1 amide bonds. The lowest BCUT2D eigenvalue weighted by Crippen LogP contribution is -2.15. The van der Waals surface area contributed by atoms with E-state index in [0.29, 0.717) is 22.1 Å². The van der Waals surface area contributed by atoms with Crippen LogP contribution in [0.4, 0.5) is 5.82 Å². The van der Waals surface area contributed by atoms with Crippen molar-refractivity contribution in [1.29, 1.82) is 5.26 Å². The Morgan fingerprint density at radius 1 is 1.21 bits per heavy atom. The fourth-order valence-corrected chi connectivity index (χ4v) is 2.48. The van der Waals surface area contributed by atoms with Crippen molar-refractivity contribution in [3.05, 3.63) is 64.9 Å². The number of rotatable bonds is 3. The van der Waals surface area contributed by atoms with E-state index < -0.39 is 5.41 Å². The number of pyridine rings is 1. The molecule has 0 aliphatic heterocycles. The molecule has 0 spiro atoms. The number of carbonyl (C=O) groups excluding carboxylic acids is 1.